The summed E-state index contributed by atoms with van der Waals surface area (Å²) < 4.78 is 12.8. The molecule has 0 spiro atoms. The Labute approximate surface area is 173 Å². The van der Waals surface area contributed by atoms with E-state index >= 15 is 0 Å². The van der Waals surface area contributed by atoms with Crippen LogP contribution in [-0.2, 0) is 13.5 Å². The van der Waals surface area contributed by atoms with Gasteiger partial charge < -0.3 is 14.1 Å². The van der Waals surface area contributed by atoms with E-state index in [0.29, 0.717) is 35.0 Å². The molecule has 7 nitrogen and oxygen atoms in total. The summed E-state index contributed by atoms with van der Waals surface area (Å²) in [7, 11) is 3.47. The van der Waals surface area contributed by atoms with Crippen LogP contribution in [0.15, 0.2) is 47.1 Å². The van der Waals surface area contributed by atoms with Crippen LogP contribution in [-0.4, -0.2) is 34.3 Å². The normalized spacial score (nSPS) is 13.5. The number of hydrogen-bond acceptors (Lipinski definition) is 5. The number of para-hydroxylation sites is 1. The summed E-state index contributed by atoms with van der Waals surface area (Å²) in [4.78, 5) is 20.4. The molecule has 30 heavy (non-hydrogen) atoms. The zero-order chi connectivity index (χ0) is 20.8. The third kappa shape index (κ3) is 2.77. The van der Waals surface area contributed by atoms with Crippen LogP contribution in [0.25, 0.3) is 22.5 Å². The van der Waals surface area contributed by atoms with Gasteiger partial charge in [0.2, 0.25) is 0 Å². The summed E-state index contributed by atoms with van der Waals surface area (Å²) in [5, 5.41) is 5.27. The van der Waals surface area contributed by atoms with Crippen molar-refractivity contribution < 1.29 is 13.9 Å². The van der Waals surface area contributed by atoms with Gasteiger partial charge in [-0.15, -0.1) is 0 Å². The van der Waals surface area contributed by atoms with Crippen LogP contribution in [0.3, 0.4) is 0 Å². The van der Waals surface area contributed by atoms with E-state index in [1.807, 2.05) is 49.2 Å². The molecule has 1 amide bonds. The average Bonchev–Trinajstić information content (AvgIpc) is 3.40. The first-order valence-electron chi connectivity index (χ1n) is 9.94. The highest BCUT2D eigenvalue weighted by Crippen LogP contribution is 2.38. The number of hydrogen-bond donors (Lipinski definition) is 0. The predicted molar refractivity (Wildman–Crippen MR) is 114 cm³/mol. The van der Waals surface area contributed by atoms with Crippen molar-refractivity contribution in [3.63, 3.8) is 0 Å². The fraction of sp³-hybridized carbons (Fsp3) is 0.261. The van der Waals surface area contributed by atoms with Crippen LogP contribution < -0.4 is 9.64 Å². The SMILES string of the molecule is COc1cccc2c1N(C(=O)c1cc(-c3ccco3)nc3c1c(C)nn3C)CCC2. The summed E-state index contributed by atoms with van der Waals surface area (Å²) in [6.45, 7) is 2.53. The zero-order valence-corrected chi connectivity index (χ0v) is 17.2. The largest absolute Gasteiger partial charge is 0.495 e. The fourth-order valence-electron chi connectivity index (χ4n) is 4.29. The van der Waals surface area contributed by atoms with Gasteiger partial charge in [0, 0.05) is 13.6 Å². The van der Waals surface area contributed by atoms with Crippen molar-refractivity contribution in [3.8, 4) is 17.2 Å². The van der Waals surface area contributed by atoms with E-state index in [2.05, 4.69) is 11.2 Å². The lowest BCUT2D eigenvalue weighted by atomic mass is 9.99. The standard InChI is InChI=1S/C23H22N4O3/c1-14-20-16(13-17(18-10-6-12-30-18)24-22(20)26(2)25-14)23(28)27-11-5-8-15-7-4-9-19(29-3)21(15)27/h4,6-7,9-10,12-13H,5,8,11H2,1-3H3. The minimum absolute atomic E-state index is 0.0863. The van der Waals surface area contributed by atoms with Gasteiger partial charge in [-0.3, -0.25) is 9.48 Å². The summed E-state index contributed by atoms with van der Waals surface area (Å²) >= 11 is 0. The fourth-order valence-corrected chi connectivity index (χ4v) is 4.29. The van der Waals surface area contributed by atoms with Crippen LogP contribution in [0.2, 0.25) is 0 Å². The van der Waals surface area contributed by atoms with E-state index in [1.165, 1.54) is 0 Å². The molecular weight excluding hydrogens is 380 g/mol. The van der Waals surface area contributed by atoms with E-state index in [-0.39, 0.29) is 5.91 Å². The molecule has 152 valence electrons. The van der Waals surface area contributed by atoms with E-state index < -0.39 is 0 Å². The van der Waals surface area contributed by atoms with Crippen molar-refractivity contribution in [1.82, 2.24) is 14.8 Å². The molecule has 0 bridgehead atoms. The monoisotopic (exact) mass is 402 g/mol. The van der Waals surface area contributed by atoms with Gasteiger partial charge in [0.15, 0.2) is 11.4 Å². The van der Waals surface area contributed by atoms with Gasteiger partial charge in [-0.25, -0.2) is 4.98 Å². The minimum atomic E-state index is -0.0863. The van der Waals surface area contributed by atoms with Gasteiger partial charge in [0.1, 0.15) is 11.4 Å². The Kier molecular flexibility index (Phi) is 4.31. The Hall–Kier alpha value is -3.61. The number of ether oxygens (including phenoxy) is 1. The highest BCUT2D eigenvalue weighted by atomic mass is 16.5. The zero-order valence-electron chi connectivity index (χ0n) is 17.2. The topological polar surface area (TPSA) is 73.4 Å². The van der Waals surface area contributed by atoms with Crippen molar-refractivity contribution in [2.24, 2.45) is 7.05 Å². The van der Waals surface area contributed by atoms with Gasteiger partial charge in [-0.2, -0.15) is 5.10 Å². The predicted octanol–water partition coefficient (Wildman–Crippen LogP) is 4.14. The summed E-state index contributed by atoms with van der Waals surface area (Å²) in [6, 6.07) is 11.4. The quantitative estimate of drug-likeness (QED) is 0.515. The third-order valence-corrected chi connectivity index (χ3v) is 5.62. The molecule has 3 aromatic heterocycles. The van der Waals surface area contributed by atoms with Crippen LogP contribution in [0.5, 0.6) is 5.75 Å². The van der Waals surface area contributed by atoms with Gasteiger partial charge in [-0.1, -0.05) is 12.1 Å². The summed E-state index contributed by atoms with van der Waals surface area (Å²) in [6.07, 6.45) is 3.42. The summed E-state index contributed by atoms with van der Waals surface area (Å²) in [5.74, 6) is 1.23. The average molecular weight is 402 g/mol. The number of amides is 1. The number of furan rings is 1. The number of rotatable bonds is 3. The molecule has 0 radical (unpaired) electrons. The molecule has 4 heterocycles. The van der Waals surface area contributed by atoms with E-state index in [9.17, 15) is 4.79 Å². The molecule has 0 fully saturated rings. The van der Waals surface area contributed by atoms with E-state index in [1.54, 1.807) is 18.1 Å². The number of anilines is 1. The second-order valence-electron chi connectivity index (χ2n) is 7.47. The van der Waals surface area contributed by atoms with Crippen LogP contribution >= 0.6 is 0 Å². The van der Waals surface area contributed by atoms with Crippen LogP contribution in [0.1, 0.15) is 28.0 Å². The Balaban J connectivity index is 1.72. The number of fused-ring (bicyclic) bond motifs is 2. The lowest BCUT2D eigenvalue weighted by Gasteiger charge is -2.31. The lowest BCUT2D eigenvalue weighted by molar-refractivity contribution is 0.0986. The number of aryl methyl sites for hydroxylation is 3. The second-order valence-corrected chi connectivity index (χ2v) is 7.47. The molecule has 5 rings (SSSR count). The van der Waals surface area contributed by atoms with Crippen molar-refractivity contribution >= 4 is 22.6 Å². The van der Waals surface area contributed by atoms with Crippen LogP contribution in [0, 0.1) is 6.92 Å². The van der Waals surface area contributed by atoms with Crippen molar-refractivity contribution in [1.29, 1.82) is 0 Å². The molecule has 4 aromatic rings. The maximum atomic E-state index is 13.9. The minimum Gasteiger partial charge on any atom is -0.495 e. The van der Waals surface area contributed by atoms with Crippen molar-refractivity contribution in [2.45, 2.75) is 19.8 Å². The number of nitrogens with zero attached hydrogens (tertiary/aromatic N) is 4. The number of benzene rings is 1. The smallest absolute Gasteiger partial charge is 0.259 e. The molecule has 0 saturated carbocycles. The molecule has 1 aliphatic heterocycles. The number of carbonyl (C=O) groups excluding carboxylic acids is 1. The first kappa shape index (κ1) is 18.4. The molecular formula is C23H22N4O3. The highest BCUT2D eigenvalue weighted by Gasteiger charge is 2.29. The number of aromatic nitrogens is 3. The first-order valence-corrected chi connectivity index (χ1v) is 9.94. The molecule has 1 aromatic carbocycles. The molecule has 0 unspecified atom stereocenters. The number of carbonyl (C=O) groups is 1. The molecule has 0 atom stereocenters. The van der Waals surface area contributed by atoms with Crippen LogP contribution in [0.4, 0.5) is 5.69 Å². The Bertz CT molecular complexity index is 1240. The third-order valence-electron chi connectivity index (χ3n) is 5.62. The Morgan fingerprint density at radius 3 is 2.87 bits per heavy atom. The van der Waals surface area contributed by atoms with Gasteiger partial charge in [0.25, 0.3) is 5.91 Å². The second kappa shape index (κ2) is 7.02. The molecule has 0 aliphatic carbocycles. The van der Waals surface area contributed by atoms with Crippen molar-refractivity contribution in [3.05, 3.63) is 59.5 Å². The lowest BCUT2D eigenvalue weighted by Crippen LogP contribution is -2.36. The molecule has 0 N–H and O–H groups in total. The maximum Gasteiger partial charge on any atom is 0.259 e. The number of pyridine rings is 1. The van der Waals surface area contributed by atoms with E-state index in [4.69, 9.17) is 14.1 Å². The number of methoxy groups -OCH3 is 1. The van der Waals surface area contributed by atoms with E-state index in [0.717, 1.165) is 35.2 Å². The highest BCUT2D eigenvalue weighted by molar-refractivity contribution is 6.15. The first-order chi connectivity index (χ1) is 14.6. The van der Waals surface area contributed by atoms with Gasteiger partial charge in [-0.05, 0) is 49.6 Å². The molecule has 7 heteroatoms. The molecule has 0 saturated heterocycles. The Morgan fingerprint density at radius 2 is 2.10 bits per heavy atom. The summed E-state index contributed by atoms with van der Waals surface area (Å²) in [5.41, 5.74) is 4.57. The molecule has 1 aliphatic rings. The maximum absolute atomic E-state index is 13.9. The Morgan fingerprint density at radius 1 is 1.23 bits per heavy atom. The van der Waals surface area contributed by atoms with Crippen molar-refractivity contribution in [2.75, 3.05) is 18.6 Å². The van der Waals surface area contributed by atoms with Gasteiger partial charge >= 0.3 is 0 Å². The van der Waals surface area contributed by atoms with Gasteiger partial charge in [0.05, 0.1) is 35.7 Å².